The van der Waals surface area contributed by atoms with Crippen LogP contribution in [0.2, 0.25) is 0 Å². The summed E-state index contributed by atoms with van der Waals surface area (Å²) in [7, 11) is 1.30. The van der Waals surface area contributed by atoms with Crippen molar-refractivity contribution in [1.82, 2.24) is 4.98 Å². The van der Waals surface area contributed by atoms with Crippen molar-refractivity contribution in [3.63, 3.8) is 0 Å². The number of hydrogen-bond donors (Lipinski definition) is 2. The summed E-state index contributed by atoms with van der Waals surface area (Å²) in [6.07, 6.45) is -0.231. The molecule has 0 aromatic carbocycles. The van der Waals surface area contributed by atoms with Gasteiger partial charge in [-0.3, -0.25) is 0 Å². The van der Waals surface area contributed by atoms with E-state index in [1.807, 2.05) is 0 Å². The number of carbonyl (C=O) groups is 2. The third kappa shape index (κ3) is 2.56. The first-order valence-corrected chi connectivity index (χ1v) is 3.79. The Morgan fingerprint density at radius 3 is 2.73 bits per heavy atom. The molecule has 15 heavy (non-hydrogen) atoms. The molecule has 1 aromatic rings. The molecule has 80 valence electrons. The normalized spacial score (nSPS) is 9.40. The number of rotatable bonds is 2. The third-order valence-electron chi connectivity index (χ3n) is 1.47. The molecule has 7 nitrogen and oxygen atoms in total. The minimum absolute atomic E-state index is 0.0430. The molecule has 1 amide bonds. The van der Waals surface area contributed by atoms with Gasteiger partial charge in [-0.2, -0.15) is 0 Å². The van der Waals surface area contributed by atoms with Crippen LogP contribution in [0.4, 0.5) is 4.79 Å². The number of ether oxygens (including phenoxy) is 2. The first-order chi connectivity index (χ1) is 7.04. The number of aromatic hydroxyl groups is 1. The SMILES string of the molecule is COc1cc(C(=O)OC(N)=O)ncc1O. The summed E-state index contributed by atoms with van der Waals surface area (Å²) < 4.78 is 8.80. The molecule has 0 saturated heterocycles. The predicted molar refractivity (Wildman–Crippen MR) is 47.5 cm³/mol. The summed E-state index contributed by atoms with van der Waals surface area (Å²) in [6.45, 7) is 0. The molecule has 0 atom stereocenters. The van der Waals surface area contributed by atoms with Crippen molar-refractivity contribution in [3.8, 4) is 11.5 Å². The van der Waals surface area contributed by atoms with Gasteiger partial charge in [-0.15, -0.1) is 0 Å². The van der Waals surface area contributed by atoms with Gasteiger partial charge in [0.25, 0.3) is 0 Å². The number of primary amides is 1. The van der Waals surface area contributed by atoms with Crippen molar-refractivity contribution in [2.45, 2.75) is 0 Å². The number of aromatic nitrogens is 1. The van der Waals surface area contributed by atoms with Crippen LogP contribution in [-0.2, 0) is 4.74 Å². The van der Waals surface area contributed by atoms with Crippen molar-refractivity contribution in [2.75, 3.05) is 7.11 Å². The number of methoxy groups -OCH3 is 1. The van der Waals surface area contributed by atoms with Crippen molar-refractivity contribution in [3.05, 3.63) is 18.0 Å². The van der Waals surface area contributed by atoms with Crippen molar-refractivity contribution in [1.29, 1.82) is 0 Å². The quantitative estimate of drug-likeness (QED) is 0.528. The van der Waals surface area contributed by atoms with Crippen LogP contribution in [0.25, 0.3) is 0 Å². The fraction of sp³-hybridized carbons (Fsp3) is 0.125. The zero-order valence-electron chi connectivity index (χ0n) is 7.76. The second kappa shape index (κ2) is 4.27. The molecule has 1 rings (SSSR count). The zero-order valence-corrected chi connectivity index (χ0v) is 7.76. The van der Waals surface area contributed by atoms with E-state index in [1.54, 1.807) is 0 Å². The molecular formula is C8H8N2O5. The molecule has 0 aliphatic heterocycles. The molecule has 0 bridgehead atoms. The lowest BCUT2D eigenvalue weighted by Crippen LogP contribution is -2.19. The van der Waals surface area contributed by atoms with Crippen LogP contribution >= 0.6 is 0 Å². The molecule has 1 aromatic heterocycles. The van der Waals surface area contributed by atoms with Crippen molar-refractivity contribution >= 4 is 12.1 Å². The number of carbonyl (C=O) groups excluding carboxylic acids is 2. The largest absolute Gasteiger partial charge is 0.503 e. The third-order valence-corrected chi connectivity index (χ3v) is 1.47. The van der Waals surface area contributed by atoms with Gasteiger partial charge in [0.05, 0.1) is 13.3 Å². The highest BCUT2D eigenvalue weighted by molar-refractivity contribution is 5.94. The standard InChI is InChI=1S/C8H8N2O5/c1-14-6-2-4(10-3-5(6)11)7(12)15-8(9)13/h2-3,11H,1H3,(H2,9,13). The van der Waals surface area contributed by atoms with Gasteiger partial charge in [0.15, 0.2) is 17.2 Å². The smallest absolute Gasteiger partial charge is 0.412 e. The molecule has 0 saturated carbocycles. The highest BCUT2D eigenvalue weighted by Crippen LogP contribution is 2.24. The summed E-state index contributed by atoms with van der Waals surface area (Å²) in [5.74, 6) is -1.20. The Morgan fingerprint density at radius 1 is 1.53 bits per heavy atom. The Hall–Kier alpha value is -2.31. The van der Waals surface area contributed by atoms with Crippen LogP contribution in [0.3, 0.4) is 0 Å². The molecule has 0 radical (unpaired) electrons. The molecule has 0 aliphatic rings. The second-order valence-electron chi connectivity index (χ2n) is 2.45. The van der Waals surface area contributed by atoms with E-state index in [1.165, 1.54) is 7.11 Å². The van der Waals surface area contributed by atoms with E-state index >= 15 is 0 Å². The number of hydrogen-bond acceptors (Lipinski definition) is 6. The Kier molecular flexibility index (Phi) is 3.06. The van der Waals surface area contributed by atoms with Gasteiger partial charge in [0.1, 0.15) is 0 Å². The fourth-order valence-corrected chi connectivity index (χ4v) is 0.848. The first kappa shape index (κ1) is 10.8. The van der Waals surface area contributed by atoms with Gasteiger partial charge in [-0.05, 0) is 0 Å². The maximum absolute atomic E-state index is 11.1. The molecule has 0 aliphatic carbocycles. The van der Waals surface area contributed by atoms with Crippen LogP contribution in [0.1, 0.15) is 10.5 Å². The van der Waals surface area contributed by atoms with Gasteiger partial charge in [-0.1, -0.05) is 0 Å². The number of pyridine rings is 1. The van der Waals surface area contributed by atoms with E-state index in [2.05, 4.69) is 15.5 Å². The Balaban J connectivity index is 2.95. The average molecular weight is 212 g/mol. The number of esters is 1. The fourth-order valence-electron chi connectivity index (χ4n) is 0.848. The van der Waals surface area contributed by atoms with Gasteiger partial charge >= 0.3 is 12.1 Å². The van der Waals surface area contributed by atoms with Crippen LogP contribution in [0.5, 0.6) is 11.5 Å². The average Bonchev–Trinajstić information content (AvgIpc) is 2.17. The summed E-state index contributed by atoms with van der Waals surface area (Å²) in [4.78, 5) is 24.9. The van der Waals surface area contributed by atoms with Gasteiger partial charge < -0.3 is 20.3 Å². The highest BCUT2D eigenvalue weighted by atomic mass is 16.6. The number of nitrogens with two attached hydrogens (primary N) is 1. The lowest BCUT2D eigenvalue weighted by atomic mass is 10.3. The van der Waals surface area contributed by atoms with Crippen molar-refractivity contribution < 1.29 is 24.2 Å². The van der Waals surface area contributed by atoms with Crippen LogP contribution < -0.4 is 10.5 Å². The minimum atomic E-state index is -1.23. The van der Waals surface area contributed by atoms with Crippen LogP contribution in [-0.4, -0.2) is 29.3 Å². The van der Waals surface area contributed by atoms with E-state index in [0.717, 1.165) is 12.3 Å². The Bertz CT molecular complexity index is 404. The van der Waals surface area contributed by atoms with E-state index < -0.39 is 12.1 Å². The van der Waals surface area contributed by atoms with E-state index in [-0.39, 0.29) is 17.2 Å². The Morgan fingerprint density at radius 2 is 2.20 bits per heavy atom. The highest BCUT2D eigenvalue weighted by Gasteiger charge is 2.14. The molecular weight excluding hydrogens is 204 g/mol. The second-order valence-corrected chi connectivity index (χ2v) is 2.45. The summed E-state index contributed by atoms with van der Waals surface area (Å²) in [5.41, 5.74) is 4.45. The lowest BCUT2D eigenvalue weighted by Gasteiger charge is -2.04. The monoisotopic (exact) mass is 212 g/mol. The van der Waals surface area contributed by atoms with E-state index in [0.29, 0.717) is 0 Å². The van der Waals surface area contributed by atoms with Crippen LogP contribution in [0, 0.1) is 0 Å². The molecule has 0 fully saturated rings. The molecule has 0 unspecified atom stereocenters. The van der Waals surface area contributed by atoms with Gasteiger partial charge in [0, 0.05) is 6.07 Å². The maximum Gasteiger partial charge on any atom is 0.412 e. The molecule has 0 spiro atoms. The van der Waals surface area contributed by atoms with E-state index in [9.17, 15) is 9.59 Å². The number of nitrogens with zero attached hydrogens (tertiary/aromatic N) is 1. The van der Waals surface area contributed by atoms with Gasteiger partial charge in [0.2, 0.25) is 0 Å². The Labute approximate surface area is 84.4 Å². The topological polar surface area (TPSA) is 112 Å². The van der Waals surface area contributed by atoms with E-state index in [4.69, 9.17) is 9.84 Å². The van der Waals surface area contributed by atoms with Gasteiger partial charge in [-0.25, -0.2) is 14.6 Å². The minimum Gasteiger partial charge on any atom is -0.503 e. The first-order valence-electron chi connectivity index (χ1n) is 3.79. The summed E-state index contributed by atoms with van der Waals surface area (Å²) in [5, 5.41) is 9.17. The predicted octanol–water partition coefficient (Wildman–Crippen LogP) is 0.0313. The van der Waals surface area contributed by atoms with Crippen molar-refractivity contribution in [2.24, 2.45) is 5.73 Å². The lowest BCUT2D eigenvalue weighted by molar-refractivity contribution is 0.0631. The van der Waals surface area contributed by atoms with Crippen LogP contribution in [0.15, 0.2) is 12.3 Å². The molecule has 1 heterocycles. The summed E-state index contributed by atoms with van der Waals surface area (Å²) in [6, 6.07) is 1.13. The zero-order chi connectivity index (χ0) is 11.4. The number of amides is 1. The molecule has 3 N–H and O–H groups in total. The maximum atomic E-state index is 11.1. The molecule has 7 heteroatoms. The summed E-state index contributed by atoms with van der Waals surface area (Å²) >= 11 is 0.